The molecule has 2 rings (SSSR count). The highest BCUT2D eigenvalue weighted by atomic mass is 127. The van der Waals surface area contributed by atoms with Gasteiger partial charge in [0.05, 0.1) is 12.6 Å². The topological polar surface area (TPSA) is 27.0 Å². The number of likely N-dealkylation sites (tertiary alicyclic amines) is 1. The van der Waals surface area contributed by atoms with E-state index in [1.54, 1.807) is 0 Å². The van der Waals surface area contributed by atoms with Crippen molar-refractivity contribution in [2.24, 2.45) is 0 Å². The van der Waals surface area contributed by atoms with E-state index in [1.165, 1.54) is 22.0 Å². The second-order valence-electron chi connectivity index (χ2n) is 3.81. The molecule has 0 N–H and O–H groups in total. The van der Waals surface area contributed by atoms with E-state index >= 15 is 0 Å². The highest BCUT2D eigenvalue weighted by molar-refractivity contribution is 14.1. The van der Waals surface area contributed by atoms with E-state index < -0.39 is 0 Å². The molecule has 0 saturated carbocycles. The molecule has 1 atom stereocenters. The van der Waals surface area contributed by atoms with E-state index in [4.69, 9.17) is 5.26 Å². The fraction of sp³-hybridized carbons (Fsp3) is 0.417. The van der Waals surface area contributed by atoms with E-state index in [-0.39, 0.29) is 0 Å². The zero-order valence-electron chi connectivity index (χ0n) is 8.49. The van der Waals surface area contributed by atoms with Crippen LogP contribution in [0, 0.1) is 14.9 Å². The van der Waals surface area contributed by atoms with Crippen molar-refractivity contribution in [3.63, 3.8) is 0 Å². The maximum Gasteiger partial charge on any atom is 0.0871 e. The average molecular weight is 312 g/mol. The minimum Gasteiger partial charge on any atom is -0.283 e. The van der Waals surface area contributed by atoms with Crippen molar-refractivity contribution in [1.82, 2.24) is 4.90 Å². The SMILES string of the molecule is N#CCN1CCC[C@@H]1c1ccccc1I. The molecule has 3 heteroatoms. The molecule has 0 aliphatic carbocycles. The van der Waals surface area contributed by atoms with Crippen LogP contribution in [0.15, 0.2) is 24.3 Å². The van der Waals surface area contributed by atoms with Crippen LogP contribution in [0.3, 0.4) is 0 Å². The molecular formula is C12H13IN2. The summed E-state index contributed by atoms with van der Waals surface area (Å²) in [5.41, 5.74) is 1.38. The van der Waals surface area contributed by atoms with Gasteiger partial charge >= 0.3 is 0 Å². The smallest absolute Gasteiger partial charge is 0.0871 e. The van der Waals surface area contributed by atoms with Crippen LogP contribution in [0.4, 0.5) is 0 Å². The Bertz CT molecular complexity index is 383. The van der Waals surface area contributed by atoms with Crippen molar-refractivity contribution in [3.8, 4) is 6.07 Å². The van der Waals surface area contributed by atoms with Crippen molar-refractivity contribution in [2.45, 2.75) is 18.9 Å². The van der Waals surface area contributed by atoms with Gasteiger partial charge in [-0.1, -0.05) is 18.2 Å². The van der Waals surface area contributed by atoms with Crippen LogP contribution < -0.4 is 0 Å². The van der Waals surface area contributed by atoms with Crippen LogP contribution in [0.2, 0.25) is 0 Å². The summed E-state index contributed by atoms with van der Waals surface area (Å²) in [5, 5.41) is 8.77. The van der Waals surface area contributed by atoms with E-state index in [1.807, 2.05) is 0 Å². The lowest BCUT2D eigenvalue weighted by atomic mass is 10.0. The summed E-state index contributed by atoms with van der Waals surface area (Å²) in [7, 11) is 0. The Labute approximate surface area is 104 Å². The third-order valence-corrected chi connectivity index (χ3v) is 3.88. The molecule has 1 aromatic rings. The predicted octanol–water partition coefficient (Wildman–Crippen LogP) is 2.95. The summed E-state index contributed by atoms with van der Waals surface area (Å²) in [5.74, 6) is 0. The molecule has 1 aliphatic heterocycles. The lowest BCUT2D eigenvalue weighted by Crippen LogP contribution is -2.24. The second-order valence-corrected chi connectivity index (χ2v) is 4.97. The normalized spacial score (nSPS) is 21.5. The Morgan fingerprint density at radius 2 is 2.27 bits per heavy atom. The number of halogens is 1. The van der Waals surface area contributed by atoms with Crippen molar-refractivity contribution in [2.75, 3.05) is 13.1 Å². The van der Waals surface area contributed by atoms with E-state index in [0.29, 0.717) is 12.6 Å². The monoisotopic (exact) mass is 312 g/mol. The Hall–Kier alpha value is -0.600. The lowest BCUT2D eigenvalue weighted by Gasteiger charge is -2.22. The zero-order valence-corrected chi connectivity index (χ0v) is 10.6. The number of hydrogen-bond donors (Lipinski definition) is 0. The standard InChI is InChI=1S/C12H13IN2/c13-11-5-2-1-4-10(11)12-6-3-8-15(12)9-7-14/h1-2,4-5,12H,3,6,8-9H2/t12-/m1/s1. The van der Waals surface area contributed by atoms with Crippen LogP contribution in [-0.4, -0.2) is 18.0 Å². The van der Waals surface area contributed by atoms with Gasteiger partial charge in [0.15, 0.2) is 0 Å². The van der Waals surface area contributed by atoms with E-state index in [0.717, 1.165) is 6.54 Å². The highest BCUT2D eigenvalue weighted by Gasteiger charge is 2.26. The van der Waals surface area contributed by atoms with Gasteiger partial charge in [-0.2, -0.15) is 5.26 Å². The fourth-order valence-corrected chi connectivity index (χ4v) is 2.95. The zero-order chi connectivity index (χ0) is 10.7. The first-order valence-electron chi connectivity index (χ1n) is 5.18. The Morgan fingerprint density at radius 3 is 3.00 bits per heavy atom. The van der Waals surface area contributed by atoms with Gasteiger partial charge in [0.1, 0.15) is 0 Å². The lowest BCUT2D eigenvalue weighted by molar-refractivity contribution is 0.288. The highest BCUT2D eigenvalue weighted by Crippen LogP contribution is 2.33. The average Bonchev–Trinajstić information content (AvgIpc) is 2.67. The van der Waals surface area contributed by atoms with Crippen molar-refractivity contribution >= 4 is 22.6 Å². The molecule has 0 unspecified atom stereocenters. The maximum absolute atomic E-state index is 8.77. The number of nitriles is 1. The molecule has 0 aromatic heterocycles. The molecule has 15 heavy (non-hydrogen) atoms. The quantitative estimate of drug-likeness (QED) is 0.620. The summed E-state index contributed by atoms with van der Waals surface area (Å²) in [4.78, 5) is 2.28. The number of nitrogens with zero attached hydrogens (tertiary/aromatic N) is 2. The first kappa shape index (κ1) is 10.9. The van der Waals surface area contributed by atoms with Gasteiger partial charge in [-0.05, 0) is 53.6 Å². The first-order valence-corrected chi connectivity index (χ1v) is 6.26. The molecule has 1 saturated heterocycles. The third kappa shape index (κ3) is 2.32. The van der Waals surface area contributed by atoms with Gasteiger partial charge in [0.25, 0.3) is 0 Å². The minimum absolute atomic E-state index is 0.456. The molecule has 1 aromatic carbocycles. The molecule has 0 spiro atoms. The van der Waals surface area contributed by atoms with Crippen LogP contribution in [0.1, 0.15) is 24.4 Å². The molecule has 1 heterocycles. The predicted molar refractivity (Wildman–Crippen MR) is 68.3 cm³/mol. The number of benzene rings is 1. The molecule has 1 fully saturated rings. The first-order chi connectivity index (χ1) is 7.33. The Balaban J connectivity index is 2.23. The number of rotatable bonds is 2. The van der Waals surface area contributed by atoms with Crippen LogP contribution in [-0.2, 0) is 0 Å². The molecular weight excluding hydrogens is 299 g/mol. The maximum atomic E-state index is 8.77. The van der Waals surface area contributed by atoms with Gasteiger partial charge < -0.3 is 0 Å². The van der Waals surface area contributed by atoms with Gasteiger partial charge in [0, 0.05) is 9.61 Å². The van der Waals surface area contributed by atoms with Crippen molar-refractivity contribution in [3.05, 3.63) is 33.4 Å². The largest absolute Gasteiger partial charge is 0.283 e. The van der Waals surface area contributed by atoms with Gasteiger partial charge in [-0.3, -0.25) is 4.90 Å². The summed E-state index contributed by atoms with van der Waals surface area (Å²) in [6, 6.07) is 11.2. The Kier molecular flexibility index (Phi) is 3.60. The van der Waals surface area contributed by atoms with Gasteiger partial charge in [-0.15, -0.1) is 0 Å². The summed E-state index contributed by atoms with van der Waals surface area (Å²) < 4.78 is 1.31. The number of hydrogen-bond acceptors (Lipinski definition) is 2. The molecule has 0 bridgehead atoms. The van der Waals surface area contributed by atoms with Crippen LogP contribution in [0.5, 0.6) is 0 Å². The summed E-state index contributed by atoms with van der Waals surface area (Å²) >= 11 is 2.38. The molecule has 1 aliphatic rings. The third-order valence-electron chi connectivity index (χ3n) is 2.90. The molecule has 0 radical (unpaired) electrons. The van der Waals surface area contributed by atoms with Gasteiger partial charge in [0.2, 0.25) is 0 Å². The van der Waals surface area contributed by atoms with Crippen LogP contribution >= 0.6 is 22.6 Å². The second kappa shape index (κ2) is 4.95. The molecule has 2 nitrogen and oxygen atoms in total. The summed E-state index contributed by atoms with van der Waals surface area (Å²) in [6.45, 7) is 1.61. The molecule has 0 amide bonds. The van der Waals surface area contributed by atoms with E-state index in [9.17, 15) is 0 Å². The van der Waals surface area contributed by atoms with E-state index in [2.05, 4.69) is 57.8 Å². The van der Waals surface area contributed by atoms with Gasteiger partial charge in [-0.25, -0.2) is 0 Å². The Morgan fingerprint density at radius 1 is 1.47 bits per heavy atom. The fourth-order valence-electron chi connectivity index (χ4n) is 2.20. The van der Waals surface area contributed by atoms with Crippen molar-refractivity contribution in [1.29, 1.82) is 5.26 Å². The minimum atomic E-state index is 0.456. The van der Waals surface area contributed by atoms with Crippen molar-refractivity contribution < 1.29 is 0 Å². The molecule has 78 valence electrons. The van der Waals surface area contributed by atoms with Crippen LogP contribution in [0.25, 0.3) is 0 Å². The summed E-state index contributed by atoms with van der Waals surface area (Å²) in [6.07, 6.45) is 2.39.